The average Bonchev–Trinajstić information content (AvgIpc) is 3.48. The van der Waals surface area contributed by atoms with E-state index >= 15 is 0 Å². The molecule has 0 aliphatic carbocycles. The van der Waals surface area contributed by atoms with Crippen LogP contribution in [0.3, 0.4) is 0 Å². The van der Waals surface area contributed by atoms with Crippen LogP contribution < -0.4 is 0 Å². The molecular weight excluding hydrogens is 504 g/mol. The number of nitrogens with zero attached hydrogens (tertiary/aromatic N) is 2. The summed E-state index contributed by atoms with van der Waals surface area (Å²) in [5, 5.41) is 0. The fraction of sp³-hybridized carbons (Fsp3) is 0. The van der Waals surface area contributed by atoms with E-state index in [1.54, 1.807) is 11.8 Å². The number of hydrogen-bond donors (Lipinski definition) is 0. The zero-order valence-electron chi connectivity index (χ0n) is 26.3. The van der Waals surface area contributed by atoms with Crippen molar-refractivity contribution in [2.24, 2.45) is 0 Å². The molecule has 1 aromatic heterocycles. The van der Waals surface area contributed by atoms with Gasteiger partial charge in [-0.25, -0.2) is 4.98 Å². The first-order chi connectivity index (χ1) is 21.9. The number of rotatable bonds is 4. The Labute approximate surface area is 244 Å². The largest absolute Gasteiger partial charge is 0.290 e. The molecule has 188 valence electrons. The highest BCUT2D eigenvalue weighted by molar-refractivity contribution is 8.00. The molecule has 0 atom stereocenters. The first kappa shape index (κ1) is 18.4. The summed E-state index contributed by atoms with van der Waals surface area (Å²) in [4.78, 5) is 7.41. The Balaban J connectivity index is 1.16. The molecular formula is C37H24N2S. The van der Waals surface area contributed by atoms with E-state index in [2.05, 4.69) is 77.4 Å². The van der Waals surface area contributed by atoms with Crippen molar-refractivity contribution in [3.05, 3.63) is 145 Å². The molecule has 6 aromatic carbocycles. The number of hydrogen-bond acceptors (Lipinski definition) is 2. The number of imidazole rings is 1. The Morgan fingerprint density at radius 1 is 0.550 bits per heavy atom. The fourth-order valence-corrected chi connectivity index (χ4v) is 6.62. The van der Waals surface area contributed by atoms with Gasteiger partial charge in [0, 0.05) is 15.4 Å². The van der Waals surface area contributed by atoms with Crippen LogP contribution in [0.4, 0.5) is 0 Å². The summed E-state index contributed by atoms with van der Waals surface area (Å²) in [6.07, 6.45) is 0. The maximum Gasteiger partial charge on any atom is 0.145 e. The number of para-hydroxylation sites is 1. The van der Waals surface area contributed by atoms with E-state index < -0.39 is 0 Å². The third-order valence-corrected chi connectivity index (χ3v) is 8.50. The summed E-state index contributed by atoms with van der Waals surface area (Å²) in [7, 11) is 0. The van der Waals surface area contributed by atoms with Crippen molar-refractivity contribution in [1.82, 2.24) is 9.55 Å². The van der Waals surface area contributed by atoms with Crippen molar-refractivity contribution in [3.8, 4) is 50.5 Å². The van der Waals surface area contributed by atoms with Crippen molar-refractivity contribution in [2.45, 2.75) is 9.79 Å². The summed E-state index contributed by atoms with van der Waals surface area (Å²) in [5.41, 5.74) is 9.36. The van der Waals surface area contributed by atoms with Gasteiger partial charge in [0.15, 0.2) is 0 Å². The zero-order valence-corrected chi connectivity index (χ0v) is 22.1. The maximum absolute atomic E-state index is 8.30. The van der Waals surface area contributed by atoms with Crippen LogP contribution in [0.15, 0.2) is 155 Å². The second-order valence-electron chi connectivity index (χ2n) is 9.67. The lowest BCUT2D eigenvalue weighted by Crippen LogP contribution is -2.04. The minimum atomic E-state index is -0.386. The van der Waals surface area contributed by atoms with E-state index in [0.717, 1.165) is 50.4 Å². The lowest BCUT2D eigenvalue weighted by atomic mass is 9.98. The van der Waals surface area contributed by atoms with E-state index in [1.165, 1.54) is 9.79 Å². The Bertz CT molecular complexity index is 2250. The van der Waals surface area contributed by atoms with Crippen LogP contribution in [0.2, 0.25) is 0 Å². The van der Waals surface area contributed by atoms with Crippen molar-refractivity contribution in [1.29, 1.82) is 0 Å². The summed E-state index contributed by atoms with van der Waals surface area (Å²) in [6, 6.07) is 37.6. The van der Waals surface area contributed by atoms with Crippen LogP contribution >= 0.6 is 11.8 Å². The molecule has 0 spiro atoms. The van der Waals surface area contributed by atoms with Gasteiger partial charge in [0.05, 0.1) is 23.6 Å². The van der Waals surface area contributed by atoms with Crippen molar-refractivity contribution in [2.75, 3.05) is 0 Å². The first-order valence-electron chi connectivity index (χ1n) is 15.6. The predicted octanol–water partition coefficient (Wildman–Crippen LogP) is 10.2. The van der Waals surface area contributed by atoms with Gasteiger partial charge in [-0.15, -0.1) is 0 Å². The van der Waals surface area contributed by atoms with Gasteiger partial charge in [-0.3, -0.25) is 4.57 Å². The Kier molecular flexibility index (Phi) is 4.33. The van der Waals surface area contributed by atoms with Crippen LogP contribution in [-0.4, -0.2) is 9.55 Å². The molecule has 0 amide bonds. The molecule has 1 aliphatic rings. The van der Waals surface area contributed by atoms with Gasteiger partial charge in [0.1, 0.15) is 5.82 Å². The topological polar surface area (TPSA) is 17.8 Å². The standard InChI is InChI=1S/C37H24N2S/c1-3-9-25(10-4-1)26-17-19-27(20-18-26)28-21-23-29(24-22-28)31-13-7-15-33-36(31)40-34-16-8-14-32-35(34)39(33)37(38-32)30-11-5-2-6-12-30/h1-24H/i1D,3D,4D,9D,10D. The molecule has 1 aliphatic heterocycles. The molecule has 3 heteroatoms. The van der Waals surface area contributed by atoms with Crippen LogP contribution in [0.5, 0.6) is 0 Å². The molecule has 2 heterocycles. The number of aromatic nitrogens is 2. The normalized spacial score (nSPS) is 13.7. The minimum absolute atomic E-state index is 0.197. The van der Waals surface area contributed by atoms with Gasteiger partial charge < -0.3 is 0 Å². The van der Waals surface area contributed by atoms with E-state index in [1.807, 2.05) is 42.5 Å². The molecule has 0 saturated carbocycles. The van der Waals surface area contributed by atoms with Crippen molar-refractivity contribution < 1.29 is 6.85 Å². The number of benzene rings is 6. The summed E-state index contributed by atoms with van der Waals surface area (Å²) in [5.74, 6) is 0.930. The molecule has 40 heavy (non-hydrogen) atoms. The SMILES string of the molecule is [2H]c1c([2H])c([2H])c(-c2ccc(-c3ccc(-c4cccc5c4Sc4cccc6nc(-c7ccccc7)n-5c46)cc3)cc2)c([2H])c1[2H]. The van der Waals surface area contributed by atoms with E-state index in [9.17, 15) is 0 Å². The van der Waals surface area contributed by atoms with E-state index in [4.69, 9.17) is 11.8 Å². The van der Waals surface area contributed by atoms with E-state index in [0.29, 0.717) is 5.56 Å². The molecule has 0 fully saturated rings. The fourth-order valence-electron chi connectivity index (χ4n) is 5.40. The van der Waals surface area contributed by atoms with Gasteiger partial charge in [0.2, 0.25) is 0 Å². The molecule has 8 rings (SSSR count). The lowest BCUT2D eigenvalue weighted by Gasteiger charge is -2.23. The second-order valence-corrected chi connectivity index (χ2v) is 10.7. The molecule has 2 nitrogen and oxygen atoms in total. The second kappa shape index (κ2) is 9.41. The lowest BCUT2D eigenvalue weighted by molar-refractivity contribution is 1.04. The highest BCUT2D eigenvalue weighted by atomic mass is 32.2. The number of fused-ring (bicyclic) bond motifs is 2. The van der Waals surface area contributed by atoms with Crippen LogP contribution in [-0.2, 0) is 0 Å². The van der Waals surface area contributed by atoms with Gasteiger partial charge in [-0.1, -0.05) is 139 Å². The smallest absolute Gasteiger partial charge is 0.145 e. The van der Waals surface area contributed by atoms with Crippen molar-refractivity contribution >= 4 is 22.8 Å². The van der Waals surface area contributed by atoms with Crippen LogP contribution in [0.25, 0.3) is 61.5 Å². The molecule has 0 bridgehead atoms. The summed E-state index contributed by atoms with van der Waals surface area (Å²) < 4.78 is 42.8. The average molecular weight is 534 g/mol. The molecule has 0 radical (unpaired) electrons. The van der Waals surface area contributed by atoms with Crippen LogP contribution in [0, 0.1) is 0 Å². The first-order valence-corrected chi connectivity index (χ1v) is 13.9. The third kappa shape index (κ3) is 3.78. The Hall–Kier alpha value is -4.86. The van der Waals surface area contributed by atoms with Gasteiger partial charge in [-0.2, -0.15) is 0 Å². The predicted molar refractivity (Wildman–Crippen MR) is 167 cm³/mol. The van der Waals surface area contributed by atoms with E-state index in [-0.39, 0.29) is 35.8 Å². The highest BCUT2D eigenvalue weighted by Crippen LogP contribution is 2.48. The molecule has 0 unspecified atom stereocenters. The monoisotopic (exact) mass is 533 g/mol. The van der Waals surface area contributed by atoms with Crippen molar-refractivity contribution in [3.63, 3.8) is 0 Å². The Morgan fingerprint density at radius 3 is 1.93 bits per heavy atom. The highest BCUT2D eigenvalue weighted by Gasteiger charge is 2.26. The Morgan fingerprint density at radius 2 is 1.20 bits per heavy atom. The van der Waals surface area contributed by atoms with Crippen LogP contribution in [0.1, 0.15) is 6.85 Å². The maximum atomic E-state index is 8.30. The third-order valence-electron chi connectivity index (χ3n) is 7.32. The molecule has 0 N–H and O–H groups in total. The minimum Gasteiger partial charge on any atom is -0.290 e. The van der Waals surface area contributed by atoms with Gasteiger partial charge >= 0.3 is 0 Å². The summed E-state index contributed by atoms with van der Waals surface area (Å²) >= 11 is 1.78. The summed E-state index contributed by atoms with van der Waals surface area (Å²) in [6.45, 7) is 0. The van der Waals surface area contributed by atoms with Gasteiger partial charge in [0.25, 0.3) is 0 Å². The van der Waals surface area contributed by atoms with Gasteiger partial charge in [-0.05, 0) is 51.6 Å². The quantitative estimate of drug-likeness (QED) is 0.224. The molecule has 7 aromatic rings. The zero-order chi connectivity index (χ0) is 30.8. The molecule has 0 saturated heterocycles.